The van der Waals surface area contributed by atoms with E-state index in [0.717, 1.165) is 16.0 Å². The molecule has 0 aromatic heterocycles. The summed E-state index contributed by atoms with van der Waals surface area (Å²) >= 11 is 0. The number of ether oxygens (including phenoxy) is 1. The van der Waals surface area contributed by atoms with Gasteiger partial charge in [0.05, 0.1) is 12.8 Å². The van der Waals surface area contributed by atoms with Crippen molar-refractivity contribution in [3.63, 3.8) is 0 Å². The van der Waals surface area contributed by atoms with Crippen LogP contribution in [0, 0.1) is 13.8 Å². The summed E-state index contributed by atoms with van der Waals surface area (Å²) in [4.78, 5) is 39.3. The van der Waals surface area contributed by atoms with E-state index in [1.54, 1.807) is 24.3 Å². The predicted octanol–water partition coefficient (Wildman–Crippen LogP) is 2.24. The Hall–Kier alpha value is -3.75. The molecule has 2 aromatic carbocycles. The first-order valence-corrected chi connectivity index (χ1v) is 9.45. The van der Waals surface area contributed by atoms with Gasteiger partial charge in [-0.25, -0.2) is 4.90 Å². The van der Waals surface area contributed by atoms with E-state index in [0.29, 0.717) is 17.1 Å². The van der Waals surface area contributed by atoms with Crippen molar-refractivity contribution in [2.45, 2.75) is 25.9 Å². The van der Waals surface area contributed by atoms with Crippen LogP contribution in [0.1, 0.15) is 11.1 Å². The molecule has 2 atom stereocenters. The Morgan fingerprint density at radius 1 is 1.07 bits per heavy atom. The van der Waals surface area contributed by atoms with Gasteiger partial charge < -0.3 is 10.1 Å². The summed E-state index contributed by atoms with van der Waals surface area (Å²) in [5.41, 5.74) is 3.26. The van der Waals surface area contributed by atoms with Gasteiger partial charge in [0.2, 0.25) is 5.91 Å². The van der Waals surface area contributed by atoms with Gasteiger partial charge in [-0.1, -0.05) is 11.3 Å². The van der Waals surface area contributed by atoms with E-state index in [-0.39, 0.29) is 12.5 Å². The van der Waals surface area contributed by atoms with E-state index >= 15 is 0 Å². The van der Waals surface area contributed by atoms with E-state index in [2.05, 4.69) is 15.7 Å². The van der Waals surface area contributed by atoms with Gasteiger partial charge >= 0.3 is 0 Å². The number of benzene rings is 2. The zero-order valence-corrected chi connectivity index (χ0v) is 16.8. The summed E-state index contributed by atoms with van der Waals surface area (Å²) in [5.74, 6) is -0.654. The second kappa shape index (κ2) is 7.58. The van der Waals surface area contributed by atoms with E-state index in [4.69, 9.17) is 4.74 Å². The van der Waals surface area contributed by atoms with Gasteiger partial charge in [0.15, 0.2) is 12.1 Å². The van der Waals surface area contributed by atoms with Crippen LogP contribution in [-0.2, 0) is 14.4 Å². The van der Waals surface area contributed by atoms with E-state index in [1.165, 1.54) is 12.1 Å². The molecule has 0 aliphatic carbocycles. The largest absolute Gasteiger partial charge is 0.497 e. The fourth-order valence-electron chi connectivity index (χ4n) is 3.51. The van der Waals surface area contributed by atoms with Crippen molar-refractivity contribution in [3.05, 3.63) is 53.6 Å². The molecule has 9 nitrogen and oxygen atoms in total. The Labute approximate surface area is 173 Å². The Morgan fingerprint density at radius 3 is 2.47 bits per heavy atom. The van der Waals surface area contributed by atoms with Crippen LogP contribution in [0.5, 0.6) is 5.75 Å². The SMILES string of the molecule is COc1ccc(N2C(=O)[C@@H]3[C@@H](N=NN3CC(=O)Nc3ccc(C)c(C)c3)C2=O)cc1. The van der Waals surface area contributed by atoms with Crippen LogP contribution in [0.3, 0.4) is 0 Å². The molecule has 0 spiro atoms. The second-order valence-corrected chi connectivity index (χ2v) is 7.25. The fraction of sp³-hybridized carbons (Fsp3) is 0.286. The third kappa shape index (κ3) is 3.38. The van der Waals surface area contributed by atoms with E-state index < -0.39 is 23.9 Å². The lowest BCUT2D eigenvalue weighted by Crippen LogP contribution is -2.43. The number of aryl methyl sites for hydroxylation is 2. The van der Waals surface area contributed by atoms with Crippen LogP contribution in [0.4, 0.5) is 11.4 Å². The standard InChI is InChI=1S/C21H21N5O4/c1-12-4-5-14(10-13(12)2)22-17(27)11-25-19-18(23-24-25)20(28)26(21(19)29)15-6-8-16(30-3)9-7-15/h4-10,18-19H,11H2,1-3H3,(H,22,27)/t18-,19+/m1/s1. The van der Waals surface area contributed by atoms with Gasteiger partial charge in [-0.3, -0.25) is 19.4 Å². The zero-order chi connectivity index (χ0) is 21.4. The first-order chi connectivity index (χ1) is 14.4. The van der Waals surface area contributed by atoms with Crippen LogP contribution >= 0.6 is 0 Å². The monoisotopic (exact) mass is 407 g/mol. The molecule has 2 aliphatic heterocycles. The van der Waals surface area contributed by atoms with Crippen LogP contribution in [0.25, 0.3) is 0 Å². The van der Waals surface area contributed by atoms with E-state index in [9.17, 15) is 14.4 Å². The number of carbonyl (C=O) groups is 3. The number of hydrogen-bond donors (Lipinski definition) is 1. The minimum absolute atomic E-state index is 0.187. The topological polar surface area (TPSA) is 104 Å². The zero-order valence-electron chi connectivity index (χ0n) is 16.8. The lowest BCUT2D eigenvalue weighted by atomic mass is 10.1. The minimum Gasteiger partial charge on any atom is -0.497 e. The van der Waals surface area contributed by atoms with Gasteiger partial charge in [0, 0.05) is 5.69 Å². The van der Waals surface area contributed by atoms with Crippen LogP contribution in [-0.4, -0.2) is 48.5 Å². The molecule has 2 aliphatic rings. The molecule has 0 unspecified atom stereocenters. The highest BCUT2D eigenvalue weighted by Gasteiger charge is 2.55. The highest BCUT2D eigenvalue weighted by molar-refractivity contribution is 6.25. The molecule has 2 aromatic rings. The van der Waals surface area contributed by atoms with Crippen molar-refractivity contribution in [2.24, 2.45) is 10.3 Å². The number of hydrogen-bond acceptors (Lipinski definition) is 7. The summed E-state index contributed by atoms with van der Waals surface area (Å²) in [5, 5.41) is 11.9. The molecule has 3 amide bonds. The number of anilines is 2. The molecule has 1 saturated heterocycles. The number of imide groups is 1. The summed E-state index contributed by atoms with van der Waals surface area (Å²) in [6.45, 7) is 3.76. The maximum absolute atomic E-state index is 13.0. The lowest BCUT2D eigenvalue weighted by Gasteiger charge is -2.20. The average molecular weight is 407 g/mol. The quantitative estimate of drug-likeness (QED) is 0.766. The lowest BCUT2D eigenvalue weighted by molar-refractivity contribution is -0.123. The van der Waals surface area contributed by atoms with Crippen LogP contribution in [0.15, 0.2) is 52.8 Å². The van der Waals surface area contributed by atoms with Crippen molar-refractivity contribution in [1.82, 2.24) is 5.01 Å². The molecule has 2 heterocycles. The average Bonchev–Trinajstić information content (AvgIpc) is 3.24. The molecule has 0 saturated carbocycles. The molecule has 4 rings (SSSR count). The Morgan fingerprint density at radius 2 is 1.80 bits per heavy atom. The number of rotatable bonds is 5. The van der Waals surface area contributed by atoms with Crippen molar-refractivity contribution < 1.29 is 19.1 Å². The molecule has 1 fully saturated rings. The number of carbonyl (C=O) groups excluding carboxylic acids is 3. The van der Waals surface area contributed by atoms with Gasteiger partial charge in [-0.05, 0) is 61.4 Å². The molecule has 0 bridgehead atoms. The van der Waals surface area contributed by atoms with E-state index in [1.807, 2.05) is 32.0 Å². The minimum atomic E-state index is -0.950. The summed E-state index contributed by atoms with van der Waals surface area (Å²) in [7, 11) is 1.53. The van der Waals surface area contributed by atoms with Gasteiger partial charge in [0.1, 0.15) is 12.3 Å². The van der Waals surface area contributed by atoms with Gasteiger partial charge in [-0.2, -0.15) is 5.11 Å². The summed E-state index contributed by atoms with van der Waals surface area (Å²) in [6, 6.07) is 10.3. The first-order valence-electron chi connectivity index (χ1n) is 9.45. The highest BCUT2D eigenvalue weighted by Crippen LogP contribution is 2.32. The van der Waals surface area contributed by atoms with Gasteiger partial charge in [0.25, 0.3) is 11.8 Å². The molecular weight excluding hydrogens is 386 g/mol. The molecule has 30 heavy (non-hydrogen) atoms. The third-order valence-electron chi connectivity index (χ3n) is 5.28. The number of methoxy groups -OCH3 is 1. The Bertz CT molecular complexity index is 1050. The molecule has 1 N–H and O–H groups in total. The second-order valence-electron chi connectivity index (χ2n) is 7.25. The first kappa shape index (κ1) is 19.6. The smallest absolute Gasteiger partial charge is 0.263 e. The number of nitrogens with zero attached hydrogens (tertiary/aromatic N) is 4. The molecular formula is C21H21N5O4. The Balaban J connectivity index is 1.47. The summed E-state index contributed by atoms with van der Waals surface area (Å²) in [6.07, 6.45) is 0. The predicted molar refractivity (Wildman–Crippen MR) is 109 cm³/mol. The highest BCUT2D eigenvalue weighted by atomic mass is 16.5. The van der Waals surface area contributed by atoms with Crippen molar-refractivity contribution >= 4 is 29.1 Å². The molecule has 154 valence electrons. The number of nitrogens with one attached hydrogen (secondary N) is 1. The number of fused-ring (bicyclic) bond motifs is 1. The van der Waals surface area contributed by atoms with Crippen molar-refractivity contribution in [1.29, 1.82) is 0 Å². The third-order valence-corrected chi connectivity index (χ3v) is 5.28. The maximum Gasteiger partial charge on any atom is 0.263 e. The van der Waals surface area contributed by atoms with Crippen LogP contribution < -0.4 is 15.0 Å². The van der Waals surface area contributed by atoms with Gasteiger partial charge in [-0.15, -0.1) is 0 Å². The van der Waals surface area contributed by atoms with Crippen molar-refractivity contribution in [3.8, 4) is 5.75 Å². The number of amides is 3. The fourth-order valence-corrected chi connectivity index (χ4v) is 3.51. The molecule has 0 radical (unpaired) electrons. The molecule has 9 heteroatoms. The Kier molecular flexibility index (Phi) is 4.94. The summed E-state index contributed by atoms with van der Waals surface area (Å²) < 4.78 is 5.11. The van der Waals surface area contributed by atoms with Crippen LogP contribution in [0.2, 0.25) is 0 Å². The van der Waals surface area contributed by atoms with Crippen molar-refractivity contribution in [2.75, 3.05) is 23.9 Å². The maximum atomic E-state index is 13.0. The normalized spacial score (nSPS) is 20.0.